The third-order valence-corrected chi connectivity index (χ3v) is 5.15. The van der Waals surface area contributed by atoms with E-state index in [1.54, 1.807) is 25.1 Å². The zero-order valence-corrected chi connectivity index (χ0v) is 15.0. The maximum Gasteiger partial charge on any atom is 0.240 e. The molecule has 1 aromatic carbocycles. The van der Waals surface area contributed by atoms with Gasteiger partial charge in [0.1, 0.15) is 11.3 Å². The predicted octanol–water partition coefficient (Wildman–Crippen LogP) is 1.89. The van der Waals surface area contributed by atoms with Crippen LogP contribution in [0.4, 0.5) is 0 Å². The molecule has 2 rings (SSSR count). The predicted molar refractivity (Wildman–Crippen MR) is 93.9 cm³/mol. The van der Waals surface area contributed by atoms with Crippen molar-refractivity contribution in [2.24, 2.45) is 0 Å². The summed E-state index contributed by atoms with van der Waals surface area (Å²) in [7, 11) is -3.76. The fourth-order valence-corrected chi connectivity index (χ4v) is 3.43. The first kappa shape index (κ1) is 19.7. The molecule has 8 nitrogen and oxygen atoms in total. The SMILES string of the molecule is CCCC(=O)n1cc(O)c(C(=O)CCNS(=O)(=O)c2ccccc2)c1O. The lowest BCUT2D eigenvalue weighted by molar-refractivity contribution is 0.0892. The first-order chi connectivity index (χ1) is 12.3. The van der Waals surface area contributed by atoms with Gasteiger partial charge in [-0.3, -0.25) is 14.2 Å². The fraction of sp³-hybridized carbons (Fsp3) is 0.294. The molecule has 0 atom stereocenters. The molecule has 0 saturated heterocycles. The van der Waals surface area contributed by atoms with E-state index in [2.05, 4.69) is 4.72 Å². The monoisotopic (exact) mass is 380 g/mol. The number of rotatable bonds is 8. The van der Waals surface area contributed by atoms with E-state index in [0.29, 0.717) is 6.42 Å². The highest BCUT2D eigenvalue weighted by Crippen LogP contribution is 2.31. The van der Waals surface area contributed by atoms with Gasteiger partial charge in [0.05, 0.1) is 11.1 Å². The van der Waals surface area contributed by atoms with Gasteiger partial charge in [0.2, 0.25) is 21.8 Å². The molecule has 0 saturated carbocycles. The molecule has 3 N–H and O–H groups in total. The summed E-state index contributed by atoms with van der Waals surface area (Å²) in [6, 6.07) is 7.67. The van der Waals surface area contributed by atoms with Crippen LogP contribution in [0.2, 0.25) is 0 Å². The molecular formula is C17H20N2O6S. The first-order valence-electron chi connectivity index (χ1n) is 8.02. The summed E-state index contributed by atoms with van der Waals surface area (Å²) in [4.78, 5) is 24.1. The van der Waals surface area contributed by atoms with Crippen LogP contribution in [0.1, 0.15) is 41.3 Å². The Balaban J connectivity index is 2.06. The highest BCUT2D eigenvalue weighted by atomic mass is 32.2. The quantitative estimate of drug-likeness (QED) is 0.601. The number of hydrogen-bond acceptors (Lipinski definition) is 6. The lowest BCUT2D eigenvalue weighted by atomic mass is 10.1. The normalized spacial score (nSPS) is 11.4. The average molecular weight is 380 g/mol. The van der Waals surface area contributed by atoms with E-state index < -0.39 is 38.9 Å². The number of aromatic nitrogens is 1. The smallest absolute Gasteiger partial charge is 0.240 e. The molecule has 0 bridgehead atoms. The summed E-state index contributed by atoms with van der Waals surface area (Å²) in [6.45, 7) is 1.56. The zero-order chi connectivity index (χ0) is 19.3. The summed E-state index contributed by atoms with van der Waals surface area (Å²) in [5.74, 6) is -2.30. The second-order valence-corrected chi connectivity index (χ2v) is 7.38. The van der Waals surface area contributed by atoms with E-state index >= 15 is 0 Å². The fourth-order valence-electron chi connectivity index (χ4n) is 2.38. The molecule has 1 heterocycles. The Labute approximate surface area is 151 Å². The molecule has 0 fully saturated rings. The van der Waals surface area contributed by atoms with Crippen molar-refractivity contribution in [3.8, 4) is 11.6 Å². The van der Waals surface area contributed by atoms with Crippen molar-refractivity contribution >= 4 is 21.7 Å². The number of ketones is 1. The number of Topliss-reactive ketones (excluding diaryl/α,β-unsaturated/α-hetero) is 1. The van der Waals surface area contributed by atoms with E-state index in [0.717, 1.165) is 10.8 Å². The number of nitrogens with zero attached hydrogens (tertiary/aromatic N) is 1. The lowest BCUT2D eigenvalue weighted by Gasteiger charge is -2.06. The van der Waals surface area contributed by atoms with Gasteiger partial charge >= 0.3 is 0 Å². The molecule has 0 aliphatic heterocycles. The van der Waals surface area contributed by atoms with E-state index in [4.69, 9.17) is 0 Å². The Bertz CT molecular complexity index is 903. The van der Waals surface area contributed by atoms with Gasteiger partial charge in [-0.25, -0.2) is 13.1 Å². The number of hydrogen-bond donors (Lipinski definition) is 3. The number of sulfonamides is 1. The Hall–Kier alpha value is -2.65. The molecule has 0 amide bonds. The minimum Gasteiger partial charge on any atom is -0.505 e. The van der Waals surface area contributed by atoms with E-state index in [1.165, 1.54) is 12.1 Å². The molecule has 1 aromatic heterocycles. The lowest BCUT2D eigenvalue weighted by Crippen LogP contribution is -2.26. The van der Waals surface area contributed by atoms with Gasteiger partial charge in [-0.1, -0.05) is 25.1 Å². The second-order valence-electron chi connectivity index (χ2n) is 5.61. The summed E-state index contributed by atoms with van der Waals surface area (Å²) < 4.78 is 27.3. The summed E-state index contributed by atoms with van der Waals surface area (Å²) >= 11 is 0. The van der Waals surface area contributed by atoms with Crippen LogP contribution in [0.3, 0.4) is 0 Å². The van der Waals surface area contributed by atoms with E-state index in [1.807, 2.05) is 0 Å². The number of carbonyl (C=O) groups is 2. The highest BCUT2D eigenvalue weighted by molar-refractivity contribution is 7.89. The molecule has 0 unspecified atom stereocenters. The molecule has 140 valence electrons. The molecule has 0 spiro atoms. The number of carbonyl (C=O) groups excluding carboxylic acids is 2. The molecule has 0 aliphatic rings. The van der Waals surface area contributed by atoms with Crippen LogP contribution in [0.15, 0.2) is 41.4 Å². The van der Waals surface area contributed by atoms with Crippen LogP contribution in [0.25, 0.3) is 0 Å². The van der Waals surface area contributed by atoms with Crippen molar-refractivity contribution < 1.29 is 28.2 Å². The second kappa shape index (κ2) is 8.15. The van der Waals surface area contributed by atoms with E-state index in [9.17, 15) is 28.2 Å². The zero-order valence-electron chi connectivity index (χ0n) is 14.2. The van der Waals surface area contributed by atoms with Crippen molar-refractivity contribution in [1.29, 1.82) is 0 Å². The Kier molecular flexibility index (Phi) is 6.17. The Morgan fingerprint density at radius 1 is 1.12 bits per heavy atom. The Morgan fingerprint density at radius 3 is 2.38 bits per heavy atom. The first-order valence-corrected chi connectivity index (χ1v) is 9.50. The van der Waals surface area contributed by atoms with Gasteiger partial charge in [0.15, 0.2) is 5.78 Å². The van der Waals surface area contributed by atoms with Gasteiger partial charge < -0.3 is 10.2 Å². The topological polar surface area (TPSA) is 126 Å². The van der Waals surface area contributed by atoms with Gasteiger partial charge in [0.25, 0.3) is 0 Å². The molecule has 26 heavy (non-hydrogen) atoms. The van der Waals surface area contributed by atoms with Gasteiger partial charge in [-0.05, 0) is 18.6 Å². The molecule has 0 radical (unpaired) electrons. The summed E-state index contributed by atoms with van der Waals surface area (Å²) in [5.41, 5.74) is -0.395. The van der Waals surface area contributed by atoms with Crippen LogP contribution < -0.4 is 4.72 Å². The van der Waals surface area contributed by atoms with Crippen LogP contribution in [0.5, 0.6) is 11.6 Å². The molecule has 9 heteroatoms. The average Bonchev–Trinajstić information content (AvgIpc) is 2.90. The van der Waals surface area contributed by atoms with Crippen LogP contribution in [0, 0.1) is 0 Å². The maximum atomic E-state index is 12.2. The third kappa shape index (κ3) is 4.30. The van der Waals surface area contributed by atoms with Crippen LogP contribution in [-0.4, -0.2) is 41.4 Å². The molecule has 0 aliphatic carbocycles. The minimum absolute atomic E-state index is 0.0643. The number of benzene rings is 1. The van der Waals surface area contributed by atoms with Gasteiger partial charge in [-0.15, -0.1) is 0 Å². The van der Waals surface area contributed by atoms with Crippen molar-refractivity contribution in [2.45, 2.75) is 31.1 Å². The van der Waals surface area contributed by atoms with Crippen molar-refractivity contribution in [2.75, 3.05) is 6.54 Å². The standard InChI is InChI=1S/C17H20N2O6S/c1-2-6-15(22)19-11-14(21)16(17(19)23)13(20)9-10-18-26(24,25)12-7-4-3-5-8-12/h3-5,7-8,11,18,21,23H,2,6,9-10H2,1H3. The largest absolute Gasteiger partial charge is 0.505 e. The molecule has 2 aromatic rings. The number of nitrogens with one attached hydrogen (secondary N) is 1. The van der Waals surface area contributed by atoms with Gasteiger partial charge in [-0.2, -0.15) is 0 Å². The van der Waals surface area contributed by atoms with Crippen molar-refractivity contribution in [3.05, 3.63) is 42.1 Å². The maximum absolute atomic E-state index is 12.2. The summed E-state index contributed by atoms with van der Waals surface area (Å²) in [5, 5.41) is 19.9. The highest BCUT2D eigenvalue weighted by Gasteiger charge is 2.24. The third-order valence-electron chi connectivity index (χ3n) is 3.67. The minimum atomic E-state index is -3.76. The summed E-state index contributed by atoms with van der Waals surface area (Å²) in [6.07, 6.45) is 1.38. The van der Waals surface area contributed by atoms with Crippen molar-refractivity contribution in [3.63, 3.8) is 0 Å². The van der Waals surface area contributed by atoms with E-state index in [-0.39, 0.29) is 24.3 Å². The molecular weight excluding hydrogens is 360 g/mol. The van der Waals surface area contributed by atoms with Crippen LogP contribution in [-0.2, 0) is 10.0 Å². The van der Waals surface area contributed by atoms with Gasteiger partial charge in [0, 0.05) is 19.4 Å². The van der Waals surface area contributed by atoms with Crippen LogP contribution >= 0.6 is 0 Å². The number of aromatic hydroxyl groups is 2. The Morgan fingerprint density at radius 2 is 1.77 bits per heavy atom. The van der Waals surface area contributed by atoms with Crippen molar-refractivity contribution in [1.82, 2.24) is 9.29 Å².